The fraction of sp³-hybridized carbons (Fsp3) is 0.296. The Hall–Kier alpha value is -4.16. The van der Waals surface area contributed by atoms with Gasteiger partial charge in [0, 0.05) is 38.1 Å². The molecule has 190 valence electrons. The Labute approximate surface area is 211 Å². The number of hydrogen-bond donors (Lipinski definition) is 2. The van der Waals surface area contributed by atoms with Crippen LogP contribution in [0.3, 0.4) is 0 Å². The topological polar surface area (TPSA) is 97.8 Å². The zero-order chi connectivity index (χ0) is 26.5. The first-order valence-corrected chi connectivity index (χ1v) is 11.4. The maximum Gasteiger partial charge on any atom is 0.255 e. The first-order chi connectivity index (χ1) is 17.4. The van der Waals surface area contributed by atoms with E-state index >= 15 is 0 Å². The number of amides is 1. The van der Waals surface area contributed by atoms with Crippen LogP contribution in [0, 0.1) is 18.2 Å². The summed E-state index contributed by atoms with van der Waals surface area (Å²) in [6.45, 7) is 4.46. The Morgan fingerprint density at radius 2 is 1.97 bits per heavy atom. The number of terminal acetylenes is 1. The highest BCUT2D eigenvalue weighted by Crippen LogP contribution is 2.22. The number of rotatable bonds is 10. The Kier molecular flexibility index (Phi) is 11.1. The number of aromatic nitrogens is 2. The van der Waals surface area contributed by atoms with Gasteiger partial charge in [0.2, 0.25) is 0 Å². The van der Waals surface area contributed by atoms with E-state index in [1.54, 1.807) is 49.0 Å². The Balaban J connectivity index is 0.00000145. The van der Waals surface area contributed by atoms with Crippen molar-refractivity contribution in [2.75, 3.05) is 19.1 Å². The summed E-state index contributed by atoms with van der Waals surface area (Å²) >= 11 is 0. The van der Waals surface area contributed by atoms with E-state index in [1.807, 2.05) is 0 Å². The number of hydrazone groups is 1. The molecule has 0 bridgehead atoms. The maximum absolute atomic E-state index is 14.5. The molecule has 36 heavy (non-hydrogen) atoms. The minimum atomic E-state index is -0.437. The van der Waals surface area contributed by atoms with Crippen molar-refractivity contribution in [1.29, 1.82) is 0 Å². The van der Waals surface area contributed by atoms with Gasteiger partial charge >= 0.3 is 0 Å². The summed E-state index contributed by atoms with van der Waals surface area (Å²) in [4.78, 5) is 14.6. The summed E-state index contributed by atoms with van der Waals surface area (Å²) in [5.74, 6) is 6.66. The third-order valence-electron chi connectivity index (χ3n) is 5.28. The minimum absolute atomic E-state index is 0.0142. The minimum Gasteiger partial charge on any atom is -0.378 e. The molecule has 0 atom stereocenters. The van der Waals surface area contributed by atoms with Gasteiger partial charge in [0.15, 0.2) is 0 Å². The lowest BCUT2D eigenvalue weighted by molar-refractivity contribution is 0.0945. The van der Waals surface area contributed by atoms with Crippen molar-refractivity contribution in [3.8, 4) is 12.3 Å². The van der Waals surface area contributed by atoms with Crippen LogP contribution in [-0.2, 0) is 30.9 Å². The quantitative estimate of drug-likeness (QED) is 0.148. The van der Waals surface area contributed by atoms with Gasteiger partial charge in [-0.05, 0) is 36.6 Å². The third-order valence-corrected chi connectivity index (χ3v) is 5.28. The molecule has 0 spiro atoms. The van der Waals surface area contributed by atoms with Crippen LogP contribution in [0.4, 0.5) is 10.1 Å². The van der Waals surface area contributed by atoms with Crippen molar-refractivity contribution < 1.29 is 13.9 Å². The molecule has 1 aromatic heterocycles. The number of hydrogen-bond acceptors (Lipinski definition) is 5. The molecule has 0 aliphatic rings. The molecule has 1 heterocycles. The van der Waals surface area contributed by atoms with Gasteiger partial charge in [-0.2, -0.15) is 10.2 Å². The summed E-state index contributed by atoms with van der Waals surface area (Å²) in [6, 6.07) is 12.9. The van der Waals surface area contributed by atoms with Crippen LogP contribution < -0.4 is 16.1 Å². The number of methoxy groups -OCH3 is 1. The normalized spacial score (nSPS) is 10.4. The van der Waals surface area contributed by atoms with Gasteiger partial charge in [-0.3, -0.25) is 9.48 Å². The molecule has 9 heteroatoms. The number of nitrogens with zero attached hydrogens (tertiary/aromatic N) is 4. The molecule has 1 amide bonds. The van der Waals surface area contributed by atoms with Crippen molar-refractivity contribution >= 4 is 17.9 Å². The molecular weight excluding hydrogens is 459 g/mol. The van der Waals surface area contributed by atoms with Crippen molar-refractivity contribution in [2.45, 2.75) is 40.0 Å². The lowest BCUT2D eigenvalue weighted by Crippen LogP contribution is -2.26. The van der Waals surface area contributed by atoms with Gasteiger partial charge in [-0.15, -0.1) is 12.3 Å². The summed E-state index contributed by atoms with van der Waals surface area (Å²) in [6.07, 6.45) is 8.63. The van der Waals surface area contributed by atoms with Gasteiger partial charge in [-0.25, -0.2) is 4.39 Å². The van der Waals surface area contributed by atoms with E-state index in [4.69, 9.17) is 10.6 Å². The molecule has 0 fully saturated rings. The molecule has 3 aromatic rings. The predicted molar refractivity (Wildman–Crippen MR) is 141 cm³/mol. The largest absolute Gasteiger partial charge is 0.378 e. The summed E-state index contributed by atoms with van der Waals surface area (Å²) in [7, 11) is 3.24. The number of ether oxygens (including phenoxy) is 1. The second kappa shape index (κ2) is 14.3. The molecule has 0 aliphatic carbocycles. The summed E-state index contributed by atoms with van der Waals surface area (Å²) in [5, 5.41) is 10.8. The fourth-order valence-electron chi connectivity index (χ4n) is 3.52. The third kappa shape index (κ3) is 7.68. The number of carbonyl (C=O) groups excluding carboxylic acids is 1. The number of benzene rings is 2. The van der Waals surface area contributed by atoms with Crippen LogP contribution in [0.15, 0.2) is 53.8 Å². The molecular formula is C27H33FN6O2. The van der Waals surface area contributed by atoms with Gasteiger partial charge in [-0.1, -0.05) is 37.3 Å². The van der Waals surface area contributed by atoms with Crippen LogP contribution in [0.5, 0.6) is 0 Å². The van der Waals surface area contributed by atoms with Gasteiger partial charge in [0.05, 0.1) is 18.7 Å². The molecule has 2 aromatic carbocycles. The van der Waals surface area contributed by atoms with E-state index in [2.05, 4.69) is 59.0 Å². The monoisotopic (exact) mass is 492 g/mol. The number of nitrogens with one attached hydrogen (secondary N) is 1. The van der Waals surface area contributed by atoms with Crippen LogP contribution in [-0.4, -0.2) is 36.2 Å². The SMILES string of the molecule is C#CC.CCc1ccc(Cn2cc(C(=O)NCc3c(F)cccc3N(C)/C=N\N)c(COC)n2)cc1. The average molecular weight is 493 g/mol. The molecule has 0 saturated carbocycles. The van der Waals surface area contributed by atoms with Gasteiger partial charge in [0.25, 0.3) is 5.91 Å². The van der Waals surface area contributed by atoms with Crippen LogP contribution in [0.25, 0.3) is 0 Å². The molecule has 0 unspecified atom stereocenters. The van der Waals surface area contributed by atoms with E-state index < -0.39 is 5.82 Å². The average Bonchev–Trinajstić information content (AvgIpc) is 3.26. The number of carbonyl (C=O) groups is 1. The van der Waals surface area contributed by atoms with Gasteiger partial charge in [0.1, 0.15) is 17.8 Å². The van der Waals surface area contributed by atoms with E-state index in [-0.39, 0.29) is 19.1 Å². The summed E-state index contributed by atoms with van der Waals surface area (Å²) in [5.41, 5.74) is 4.11. The first kappa shape index (κ1) is 28.1. The van der Waals surface area contributed by atoms with Crippen molar-refractivity contribution in [1.82, 2.24) is 15.1 Å². The highest BCUT2D eigenvalue weighted by atomic mass is 19.1. The van der Waals surface area contributed by atoms with E-state index in [1.165, 1.54) is 18.0 Å². The molecule has 3 N–H and O–H groups in total. The number of nitrogens with two attached hydrogens (primary N) is 1. The van der Waals surface area contributed by atoms with E-state index in [9.17, 15) is 9.18 Å². The second-order valence-electron chi connectivity index (χ2n) is 7.87. The van der Waals surface area contributed by atoms with Crippen molar-refractivity contribution in [2.24, 2.45) is 10.9 Å². The summed E-state index contributed by atoms with van der Waals surface area (Å²) < 4.78 is 21.4. The molecule has 0 saturated heterocycles. The second-order valence-corrected chi connectivity index (χ2v) is 7.87. The number of anilines is 1. The zero-order valence-corrected chi connectivity index (χ0v) is 21.2. The van der Waals surface area contributed by atoms with E-state index in [0.717, 1.165) is 12.0 Å². The zero-order valence-electron chi connectivity index (χ0n) is 21.2. The van der Waals surface area contributed by atoms with Gasteiger partial charge < -0.3 is 20.8 Å². The standard InChI is InChI=1S/C24H29FN6O2.C3H4/c1-4-17-8-10-18(11-9-17)13-31-14-20(22(29-31)15-33-3)24(32)27-12-19-21(25)6-5-7-23(19)30(2)16-28-26;1-3-2/h5-11,14,16H,4,12-13,15,26H2,1-3H3,(H,27,32);1H,2H3/b28-16-;. The highest BCUT2D eigenvalue weighted by molar-refractivity contribution is 5.95. The fourth-order valence-corrected chi connectivity index (χ4v) is 3.52. The number of halogens is 1. The van der Waals surface area contributed by atoms with Crippen LogP contribution >= 0.6 is 0 Å². The van der Waals surface area contributed by atoms with E-state index in [0.29, 0.717) is 29.1 Å². The van der Waals surface area contributed by atoms with Crippen LogP contribution in [0.2, 0.25) is 0 Å². The number of aryl methyl sites for hydroxylation is 1. The predicted octanol–water partition coefficient (Wildman–Crippen LogP) is 3.69. The Morgan fingerprint density at radius 3 is 2.58 bits per heavy atom. The smallest absolute Gasteiger partial charge is 0.255 e. The van der Waals surface area contributed by atoms with Crippen LogP contribution in [0.1, 0.15) is 46.6 Å². The molecule has 0 radical (unpaired) electrons. The molecule has 0 aliphatic heterocycles. The highest BCUT2D eigenvalue weighted by Gasteiger charge is 2.18. The Morgan fingerprint density at radius 1 is 1.31 bits per heavy atom. The molecule has 3 rings (SSSR count). The Bertz CT molecular complexity index is 1200. The lowest BCUT2D eigenvalue weighted by Gasteiger charge is -2.18. The van der Waals surface area contributed by atoms with Crippen molar-refractivity contribution in [3.63, 3.8) is 0 Å². The molecule has 8 nitrogen and oxygen atoms in total. The van der Waals surface area contributed by atoms with Crippen molar-refractivity contribution in [3.05, 3.63) is 82.4 Å². The first-order valence-electron chi connectivity index (χ1n) is 11.4. The lowest BCUT2D eigenvalue weighted by atomic mass is 10.1. The maximum atomic E-state index is 14.5.